The van der Waals surface area contributed by atoms with Crippen LogP contribution in [0.1, 0.15) is 18.1 Å². The number of aryl methyl sites for hydroxylation is 1. The molecule has 0 aliphatic carbocycles. The van der Waals surface area contributed by atoms with Crippen LogP contribution in [0.4, 0.5) is 8.78 Å². The molecule has 0 radical (unpaired) electrons. The molecular weight excluding hydrogens is 276 g/mol. The van der Waals surface area contributed by atoms with Gasteiger partial charge in [0.1, 0.15) is 12.3 Å². The number of aliphatic imine (C=N–C) groups is 1. The van der Waals surface area contributed by atoms with Crippen LogP contribution in [0.3, 0.4) is 0 Å². The predicted octanol–water partition coefficient (Wildman–Crippen LogP) is 2.37. The number of halogens is 2. The molecule has 0 heterocycles. The zero-order chi connectivity index (χ0) is 15.7. The first-order chi connectivity index (χ1) is 10.1. The third kappa shape index (κ3) is 6.42. The van der Waals surface area contributed by atoms with Crippen LogP contribution >= 0.6 is 0 Å². The summed E-state index contributed by atoms with van der Waals surface area (Å²) < 4.78 is 29.6. The Hall–Kier alpha value is -1.85. The topological polar surface area (TPSA) is 45.7 Å². The number of hydrogen-bond acceptors (Lipinski definition) is 2. The van der Waals surface area contributed by atoms with Gasteiger partial charge in [0.05, 0.1) is 7.11 Å². The van der Waals surface area contributed by atoms with Crippen LogP contribution in [-0.4, -0.2) is 39.1 Å². The monoisotopic (exact) mass is 299 g/mol. The van der Waals surface area contributed by atoms with E-state index in [-0.39, 0.29) is 0 Å². The van der Waals surface area contributed by atoms with Crippen LogP contribution in [-0.2, 0) is 6.42 Å². The molecule has 0 atom stereocenters. The Balaban J connectivity index is 2.51. The van der Waals surface area contributed by atoms with Crippen LogP contribution in [0.2, 0.25) is 0 Å². The highest BCUT2D eigenvalue weighted by Gasteiger charge is 2.04. The molecule has 0 aliphatic heterocycles. The van der Waals surface area contributed by atoms with Gasteiger partial charge in [-0.2, -0.15) is 0 Å². The number of nitrogens with one attached hydrogen (secondary N) is 2. The van der Waals surface area contributed by atoms with E-state index in [2.05, 4.69) is 15.6 Å². The van der Waals surface area contributed by atoms with Crippen molar-refractivity contribution in [1.29, 1.82) is 0 Å². The third-order valence-electron chi connectivity index (χ3n) is 2.91. The molecular formula is C15H23F2N3O. The first-order valence-corrected chi connectivity index (χ1v) is 7.00. The molecule has 2 N–H and O–H groups in total. The van der Waals surface area contributed by atoms with Crippen molar-refractivity contribution in [3.05, 3.63) is 29.3 Å². The Kier molecular flexibility index (Phi) is 7.50. The van der Waals surface area contributed by atoms with E-state index in [1.54, 1.807) is 7.11 Å². The highest BCUT2D eigenvalue weighted by Crippen LogP contribution is 2.18. The van der Waals surface area contributed by atoms with E-state index in [1.807, 2.05) is 32.0 Å². The molecule has 0 saturated carbocycles. The maximum atomic E-state index is 12.2. The lowest BCUT2D eigenvalue weighted by atomic mass is 10.1. The van der Waals surface area contributed by atoms with Gasteiger partial charge in [0, 0.05) is 13.1 Å². The number of guanidine groups is 1. The highest BCUT2D eigenvalue weighted by atomic mass is 19.3. The largest absolute Gasteiger partial charge is 0.496 e. The molecule has 1 aromatic carbocycles. The number of nitrogens with zero attached hydrogens (tertiary/aromatic N) is 1. The zero-order valence-corrected chi connectivity index (χ0v) is 12.7. The Bertz CT molecular complexity index is 464. The minimum absolute atomic E-state index is 0.414. The van der Waals surface area contributed by atoms with E-state index in [0.29, 0.717) is 19.0 Å². The van der Waals surface area contributed by atoms with E-state index in [0.717, 1.165) is 23.3 Å². The van der Waals surface area contributed by atoms with E-state index >= 15 is 0 Å². The van der Waals surface area contributed by atoms with Crippen molar-refractivity contribution in [2.75, 3.05) is 26.7 Å². The molecule has 0 saturated heterocycles. The van der Waals surface area contributed by atoms with Gasteiger partial charge in [0.25, 0.3) is 6.43 Å². The number of methoxy groups -OCH3 is 1. The van der Waals surface area contributed by atoms with Gasteiger partial charge in [0.2, 0.25) is 0 Å². The van der Waals surface area contributed by atoms with Crippen molar-refractivity contribution in [2.45, 2.75) is 26.7 Å². The average molecular weight is 299 g/mol. The van der Waals surface area contributed by atoms with Gasteiger partial charge >= 0.3 is 0 Å². The third-order valence-corrected chi connectivity index (χ3v) is 2.91. The Morgan fingerprint density at radius 2 is 2.10 bits per heavy atom. The second-order valence-electron chi connectivity index (χ2n) is 4.59. The fourth-order valence-electron chi connectivity index (χ4n) is 1.85. The van der Waals surface area contributed by atoms with Gasteiger partial charge in [-0.3, -0.25) is 0 Å². The summed E-state index contributed by atoms with van der Waals surface area (Å²) in [7, 11) is 1.64. The van der Waals surface area contributed by atoms with Gasteiger partial charge in [-0.15, -0.1) is 0 Å². The predicted molar refractivity (Wildman–Crippen MR) is 81.4 cm³/mol. The molecule has 0 bridgehead atoms. The Labute approximate surface area is 124 Å². The number of benzene rings is 1. The summed E-state index contributed by atoms with van der Waals surface area (Å²) >= 11 is 0. The SMILES string of the molecule is CCNC(=NCC(F)F)NCCc1ccc(C)c(OC)c1. The molecule has 0 aromatic heterocycles. The van der Waals surface area contributed by atoms with Crippen molar-refractivity contribution in [2.24, 2.45) is 4.99 Å². The van der Waals surface area contributed by atoms with Crippen molar-refractivity contribution in [3.63, 3.8) is 0 Å². The first-order valence-electron chi connectivity index (χ1n) is 7.00. The Morgan fingerprint density at radius 3 is 2.71 bits per heavy atom. The van der Waals surface area contributed by atoms with E-state index in [9.17, 15) is 8.78 Å². The quantitative estimate of drug-likeness (QED) is 0.600. The molecule has 0 fully saturated rings. The fraction of sp³-hybridized carbons (Fsp3) is 0.533. The number of rotatable bonds is 7. The molecule has 0 aliphatic rings. The van der Waals surface area contributed by atoms with Gasteiger partial charge in [-0.1, -0.05) is 12.1 Å². The van der Waals surface area contributed by atoms with Gasteiger partial charge in [0.15, 0.2) is 5.96 Å². The van der Waals surface area contributed by atoms with Crippen LogP contribution in [0, 0.1) is 6.92 Å². The summed E-state index contributed by atoms with van der Waals surface area (Å²) in [5.41, 5.74) is 2.20. The standard InChI is InChI=1S/C15H23F2N3O/c1-4-18-15(20-10-14(16)17)19-8-7-12-6-5-11(2)13(9-12)21-3/h5-6,9,14H,4,7-8,10H2,1-3H3,(H2,18,19,20). The van der Waals surface area contributed by atoms with E-state index in [1.165, 1.54) is 0 Å². The lowest BCUT2D eigenvalue weighted by molar-refractivity contribution is 0.158. The van der Waals surface area contributed by atoms with Crippen LogP contribution in [0.5, 0.6) is 5.75 Å². The normalized spacial score (nSPS) is 11.6. The number of hydrogen-bond donors (Lipinski definition) is 2. The number of alkyl halides is 2. The summed E-state index contributed by atoms with van der Waals surface area (Å²) in [6.45, 7) is 4.63. The average Bonchev–Trinajstić information content (AvgIpc) is 2.46. The molecule has 21 heavy (non-hydrogen) atoms. The summed E-state index contributed by atoms with van der Waals surface area (Å²) in [5.74, 6) is 1.27. The van der Waals surface area contributed by atoms with Gasteiger partial charge in [-0.05, 0) is 37.5 Å². The lowest BCUT2D eigenvalue weighted by Gasteiger charge is -2.12. The smallest absolute Gasteiger partial charge is 0.257 e. The molecule has 1 aromatic rings. The van der Waals surface area contributed by atoms with E-state index < -0.39 is 13.0 Å². The van der Waals surface area contributed by atoms with Gasteiger partial charge in [-0.25, -0.2) is 13.8 Å². The molecule has 118 valence electrons. The first kappa shape index (κ1) is 17.2. The molecule has 0 amide bonds. The molecule has 0 unspecified atom stereocenters. The van der Waals surface area contributed by atoms with Crippen molar-refractivity contribution in [3.8, 4) is 5.75 Å². The van der Waals surface area contributed by atoms with Crippen LogP contribution in [0.25, 0.3) is 0 Å². The second kappa shape index (κ2) is 9.15. The van der Waals surface area contributed by atoms with Crippen molar-refractivity contribution >= 4 is 5.96 Å². The van der Waals surface area contributed by atoms with Gasteiger partial charge < -0.3 is 15.4 Å². The zero-order valence-electron chi connectivity index (χ0n) is 12.7. The molecule has 6 heteroatoms. The minimum Gasteiger partial charge on any atom is -0.496 e. The van der Waals surface area contributed by atoms with E-state index in [4.69, 9.17) is 4.74 Å². The summed E-state index contributed by atoms with van der Waals surface area (Å²) in [4.78, 5) is 3.81. The van der Waals surface area contributed by atoms with Crippen LogP contribution < -0.4 is 15.4 Å². The Morgan fingerprint density at radius 1 is 1.33 bits per heavy atom. The molecule has 0 spiro atoms. The minimum atomic E-state index is -2.43. The summed E-state index contributed by atoms with van der Waals surface area (Å²) in [5, 5.41) is 5.98. The molecule has 1 rings (SSSR count). The van der Waals surface area contributed by atoms with Crippen molar-refractivity contribution < 1.29 is 13.5 Å². The maximum Gasteiger partial charge on any atom is 0.257 e. The maximum absolute atomic E-state index is 12.2. The second-order valence-corrected chi connectivity index (χ2v) is 4.59. The van der Waals surface area contributed by atoms with Crippen LogP contribution in [0.15, 0.2) is 23.2 Å². The highest BCUT2D eigenvalue weighted by molar-refractivity contribution is 5.79. The number of ether oxygens (including phenoxy) is 1. The lowest BCUT2D eigenvalue weighted by Crippen LogP contribution is -2.38. The summed E-state index contributed by atoms with van der Waals surface area (Å²) in [6.07, 6.45) is -1.67. The molecule has 4 nitrogen and oxygen atoms in total. The summed E-state index contributed by atoms with van der Waals surface area (Å²) in [6, 6.07) is 6.02. The fourth-order valence-corrected chi connectivity index (χ4v) is 1.85. The van der Waals surface area contributed by atoms with Crippen molar-refractivity contribution in [1.82, 2.24) is 10.6 Å².